The number of nitrogens with zero attached hydrogens (tertiary/aromatic N) is 1. The molecule has 0 saturated carbocycles. The van der Waals surface area contributed by atoms with Crippen molar-refractivity contribution >= 4 is 40.9 Å². The van der Waals surface area contributed by atoms with Gasteiger partial charge in [0.25, 0.3) is 5.91 Å². The lowest BCUT2D eigenvalue weighted by Crippen LogP contribution is -2.42. The zero-order valence-corrected chi connectivity index (χ0v) is 22.7. The molecular weight excluding hydrogens is 503 g/mol. The molecule has 39 heavy (non-hydrogen) atoms. The van der Waals surface area contributed by atoms with E-state index in [1.54, 1.807) is 0 Å². The first-order chi connectivity index (χ1) is 19.1. The number of ether oxygens (including phenoxy) is 1. The number of rotatable bonds is 9. The zero-order valence-electron chi connectivity index (χ0n) is 21.8. The van der Waals surface area contributed by atoms with Crippen LogP contribution < -0.4 is 21.2 Å². The summed E-state index contributed by atoms with van der Waals surface area (Å²) in [5.74, 6) is 0.190. The fourth-order valence-electron chi connectivity index (χ4n) is 5.42. The number of hydrogen-bond donors (Lipinski definition) is 1. The molecule has 5 rings (SSSR count). The van der Waals surface area contributed by atoms with Gasteiger partial charge in [0.15, 0.2) is 5.66 Å². The van der Waals surface area contributed by atoms with Crippen LogP contribution in [0.4, 0.5) is 10.5 Å². The molecule has 1 N–H and O–H groups in total. The van der Waals surface area contributed by atoms with Crippen molar-refractivity contribution in [2.45, 2.75) is 18.6 Å². The largest absolute Gasteiger partial charge is 0.445 e. The number of benzene rings is 4. The highest BCUT2D eigenvalue weighted by atomic mass is 31.2. The minimum atomic E-state index is -2.29. The lowest BCUT2D eigenvalue weighted by atomic mass is 10.2. The minimum absolute atomic E-state index is 0.148. The van der Waals surface area contributed by atoms with E-state index in [1.807, 2.05) is 47.4 Å². The Morgan fingerprint density at radius 3 is 1.85 bits per heavy atom. The van der Waals surface area contributed by atoms with Crippen molar-refractivity contribution in [2.75, 3.05) is 18.5 Å². The van der Waals surface area contributed by atoms with Gasteiger partial charge in [-0.3, -0.25) is 10.1 Å². The Hall–Kier alpha value is -4.21. The van der Waals surface area contributed by atoms with Crippen LogP contribution in [-0.2, 0) is 16.1 Å². The molecule has 4 aromatic carbocycles. The van der Waals surface area contributed by atoms with Crippen LogP contribution in [-0.4, -0.2) is 35.7 Å². The summed E-state index contributed by atoms with van der Waals surface area (Å²) in [5, 5.41) is 6.37. The van der Waals surface area contributed by atoms with Gasteiger partial charge in [-0.2, -0.15) is 0 Å². The van der Waals surface area contributed by atoms with Crippen LogP contribution in [0, 0.1) is 0 Å². The van der Waals surface area contributed by atoms with Gasteiger partial charge in [0, 0.05) is 25.2 Å². The lowest BCUT2D eigenvalue weighted by Gasteiger charge is -2.32. The number of amides is 2. The summed E-state index contributed by atoms with van der Waals surface area (Å²) >= 11 is 0. The van der Waals surface area contributed by atoms with Crippen molar-refractivity contribution in [3.63, 3.8) is 0 Å². The van der Waals surface area contributed by atoms with Crippen LogP contribution in [0.2, 0.25) is 0 Å². The number of nitrogens with one attached hydrogen (secondary N) is 1. The highest BCUT2D eigenvalue weighted by Gasteiger charge is 2.58. The Balaban J connectivity index is 1.45. The molecule has 6 heteroatoms. The van der Waals surface area contributed by atoms with Crippen molar-refractivity contribution in [1.82, 2.24) is 4.90 Å². The molecule has 4 aromatic rings. The van der Waals surface area contributed by atoms with Crippen molar-refractivity contribution in [3.05, 3.63) is 133 Å². The molecule has 0 bridgehead atoms. The third kappa shape index (κ3) is 5.50. The molecule has 1 aliphatic rings. The van der Waals surface area contributed by atoms with E-state index in [-0.39, 0.29) is 18.2 Å². The Kier molecular flexibility index (Phi) is 8.19. The van der Waals surface area contributed by atoms with Gasteiger partial charge >= 0.3 is 6.09 Å². The normalized spacial score (nSPS) is 15.1. The monoisotopic (exact) mass is 535 g/mol. The van der Waals surface area contributed by atoms with Crippen molar-refractivity contribution in [3.8, 4) is 0 Å². The molecule has 5 nitrogen and oxygen atoms in total. The number of likely N-dealkylation sites (tertiary alicyclic amines) is 1. The number of carbonyl (C=O) groups is 2. The Morgan fingerprint density at radius 1 is 0.846 bits per heavy atom. The molecule has 196 valence electrons. The maximum absolute atomic E-state index is 14.3. The fraction of sp³-hybridized carbons (Fsp3) is 0.152. The quantitative estimate of drug-likeness (QED) is 0.227. The first kappa shape index (κ1) is 26.4. The van der Waals surface area contributed by atoms with E-state index in [4.69, 9.17) is 4.74 Å². The molecular formula is C33H32N2O3P+. The number of anilines is 1. The van der Waals surface area contributed by atoms with Gasteiger partial charge in [0.05, 0.1) is 0 Å². The molecule has 1 unspecified atom stereocenters. The highest BCUT2D eigenvalue weighted by molar-refractivity contribution is 7.96. The van der Waals surface area contributed by atoms with E-state index in [9.17, 15) is 9.59 Å². The maximum atomic E-state index is 14.3. The second kappa shape index (κ2) is 12.1. The Morgan fingerprint density at radius 2 is 1.36 bits per heavy atom. The third-order valence-corrected chi connectivity index (χ3v) is 11.9. The average Bonchev–Trinajstić information content (AvgIpc) is 3.35. The molecule has 0 spiro atoms. The minimum Gasteiger partial charge on any atom is -0.445 e. The molecule has 0 aromatic heterocycles. The van der Waals surface area contributed by atoms with Crippen LogP contribution >= 0.6 is 7.26 Å². The Bertz CT molecular complexity index is 1310. The molecule has 2 amide bonds. The molecule has 1 atom stereocenters. The summed E-state index contributed by atoms with van der Waals surface area (Å²) in [7, 11) is -2.29. The molecule has 1 heterocycles. The summed E-state index contributed by atoms with van der Waals surface area (Å²) in [6, 6.07) is 39.3. The van der Waals surface area contributed by atoms with Crippen LogP contribution in [0.15, 0.2) is 128 Å². The van der Waals surface area contributed by atoms with E-state index in [1.165, 1.54) is 22.0 Å². The summed E-state index contributed by atoms with van der Waals surface area (Å²) < 4.78 is 4.98. The topological polar surface area (TPSA) is 58.6 Å². The second-order valence-corrected chi connectivity index (χ2v) is 13.1. The first-order valence-electron chi connectivity index (χ1n) is 13.1. The van der Waals surface area contributed by atoms with Gasteiger partial charge in [-0.15, -0.1) is 0 Å². The zero-order chi connectivity index (χ0) is 27.1. The molecule has 0 aliphatic carbocycles. The third-order valence-electron chi connectivity index (χ3n) is 7.13. The summed E-state index contributed by atoms with van der Waals surface area (Å²) in [5.41, 5.74) is 1.50. The predicted molar refractivity (Wildman–Crippen MR) is 161 cm³/mol. The van der Waals surface area contributed by atoms with Crippen molar-refractivity contribution < 1.29 is 14.3 Å². The predicted octanol–water partition coefficient (Wildman–Crippen LogP) is 5.52. The molecule has 1 fully saturated rings. The van der Waals surface area contributed by atoms with Gasteiger partial charge in [-0.1, -0.05) is 79.4 Å². The smallest absolute Gasteiger partial charge is 0.411 e. The maximum Gasteiger partial charge on any atom is 0.411 e. The molecule has 1 saturated heterocycles. The average molecular weight is 536 g/mol. The van der Waals surface area contributed by atoms with Gasteiger partial charge in [-0.25, -0.2) is 4.79 Å². The van der Waals surface area contributed by atoms with Crippen LogP contribution in [0.3, 0.4) is 0 Å². The fourth-order valence-corrected chi connectivity index (χ4v) is 10.3. The second-order valence-electron chi connectivity index (χ2n) is 9.50. The first-order valence-corrected chi connectivity index (χ1v) is 15.0. The molecule has 0 radical (unpaired) electrons. The summed E-state index contributed by atoms with van der Waals surface area (Å²) in [6.45, 7) is 4.92. The van der Waals surface area contributed by atoms with E-state index < -0.39 is 13.4 Å². The van der Waals surface area contributed by atoms with Crippen molar-refractivity contribution in [1.29, 1.82) is 0 Å². The standard InChI is InChI=1S/C33H31N2O3P/c1-2-24-38-33(37)34-27-20-18-26(19-21-27)25-35-23-22-31(32(35)36)39(28-12-6-3-7-13-28,29-14-8-4-9-15-29)30-16-10-5-11-17-30/h2-21,31H,1,22-25H2/p+1. The lowest BCUT2D eigenvalue weighted by molar-refractivity contribution is -0.127. The summed E-state index contributed by atoms with van der Waals surface area (Å²) in [6.07, 6.45) is 1.79. The van der Waals surface area contributed by atoms with Gasteiger partial charge in [0.1, 0.15) is 29.8 Å². The van der Waals surface area contributed by atoms with Gasteiger partial charge in [-0.05, 0) is 54.1 Å². The van der Waals surface area contributed by atoms with Crippen LogP contribution in [0.25, 0.3) is 0 Å². The Labute approximate surface area is 230 Å². The summed E-state index contributed by atoms with van der Waals surface area (Å²) in [4.78, 5) is 28.1. The van der Waals surface area contributed by atoms with Crippen LogP contribution in [0.1, 0.15) is 12.0 Å². The van der Waals surface area contributed by atoms with E-state index in [0.29, 0.717) is 18.8 Å². The highest BCUT2D eigenvalue weighted by Crippen LogP contribution is 2.62. The van der Waals surface area contributed by atoms with Gasteiger partial charge in [0.2, 0.25) is 0 Å². The van der Waals surface area contributed by atoms with E-state index in [0.717, 1.165) is 12.0 Å². The van der Waals surface area contributed by atoms with E-state index >= 15 is 0 Å². The van der Waals surface area contributed by atoms with Crippen LogP contribution in [0.5, 0.6) is 0 Å². The van der Waals surface area contributed by atoms with Gasteiger partial charge < -0.3 is 9.64 Å². The SMILES string of the molecule is C=CCOC(=O)Nc1ccc(CN2CCC([P+](c3ccccc3)(c3ccccc3)c3ccccc3)C2=O)cc1. The number of carbonyl (C=O) groups excluding carboxylic acids is 2. The molecule has 1 aliphatic heterocycles. The van der Waals surface area contributed by atoms with E-state index in [2.05, 4.69) is 84.7 Å². The number of hydrogen-bond acceptors (Lipinski definition) is 3. The van der Waals surface area contributed by atoms with Crippen molar-refractivity contribution in [2.24, 2.45) is 0 Å².